The Labute approximate surface area is 124 Å². The van der Waals surface area contributed by atoms with Crippen molar-refractivity contribution >= 4 is 15.9 Å². The van der Waals surface area contributed by atoms with Crippen molar-refractivity contribution < 1.29 is 13.5 Å². The quantitative estimate of drug-likeness (QED) is 0.748. The average Bonchev–Trinajstić information content (AvgIpc) is 3.07. The summed E-state index contributed by atoms with van der Waals surface area (Å²) < 4.78 is 33.1. The molecule has 4 heteroatoms. The van der Waals surface area contributed by atoms with E-state index >= 15 is 0 Å². The number of hydrogen-bond donors (Lipinski definition) is 0. The van der Waals surface area contributed by atoms with Gasteiger partial charge in [-0.3, -0.25) is 0 Å². The topological polar surface area (TPSA) is 9.23 Å². The van der Waals surface area contributed by atoms with E-state index in [2.05, 4.69) is 15.9 Å². The molecule has 0 saturated heterocycles. The first-order valence-electron chi connectivity index (χ1n) is 6.40. The van der Waals surface area contributed by atoms with Crippen molar-refractivity contribution in [3.8, 4) is 5.75 Å². The van der Waals surface area contributed by atoms with Crippen molar-refractivity contribution in [2.24, 2.45) is 0 Å². The molecule has 0 aromatic heterocycles. The number of hydrogen-bond acceptors (Lipinski definition) is 1. The molecular weight excluding hydrogens is 326 g/mol. The minimum atomic E-state index is -2.59. The number of benzene rings is 2. The second-order valence-corrected chi connectivity index (χ2v) is 5.89. The van der Waals surface area contributed by atoms with E-state index in [4.69, 9.17) is 4.74 Å². The second-order valence-electron chi connectivity index (χ2n) is 4.97. The van der Waals surface area contributed by atoms with E-state index in [1.165, 1.54) is 0 Å². The van der Waals surface area contributed by atoms with E-state index in [-0.39, 0.29) is 6.42 Å². The van der Waals surface area contributed by atoms with Crippen molar-refractivity contribution in [3.63, 3.8) is 0 Å². The Morgan fingerprint density at radius 3 is 2.50 bits per heavy atom. The van der Waals surface area contributed by atoms with Gasteiger partial charge >= 0.3 is 0 Å². The minimum absolute atomic E-state index is 0.0921. The Morgan fingerprint density at radius 1 is 1.15 bits per heavy atom. The molecule has 1 nitrogen and oxygen atoms in total. The highest BCUT2D eigenvalue weighted by atomic mass is 79.9. The van der Waals surface area contributed by atoms with Crippen molar-refractivity contribution in [3.05, 3.63) is 64.1 Å². The first-order valence-corrected chi connectivity index (χ1v) is 7.19. The first kappa shape index (κ1) is 13.6. The molecular formula is C16H13BrF2O. The van der Waals surface area contributed by atoms with Crippen LogP contribution in [0, 0.1) is 0 Å². The highest BCUT2D eigenvalue weighted by Crippen LogP contribution is 2.58. The largest absolute Gasteiger partial charge is 0.489 e. The van der Waals surface area contributed by atoms with Crippen LogP contribution in [0.25, 0.3) is 0 Å². The summed E-state index contributed by atoms with van der Waals surface area (Å²) in [4.78, 5) is 0. The first-order chi connectivity index (χ1) is 9.56. The fourth-order valence-corrected chi connectivity index (χ4v) is 2.59. The van der Waals surface area contributed by atoms with Gasteiger partial charge in [-0.05, 0) is 23.8 Å². The normalized spacial score (nSPS) is 19.6. The lowest BCUT2D eigenvalue weighted by Gasteiger charge is -2.12. The van der Waals surface area contributed by atoms with Gasteiger partial charge in [0.1, 0.15) is 12.4 Å². The molecule has 0 amide bonds. The number of rotatable bonds is 4. The molecule has 0 radical (unpaired) electrons. The van der Waals surface area contributed by atoms with E-state index in [1.807, 2.05) is 36.4 Å². The van der Waals surface area contributed by atoms with E-state index in [0.29, 0.717) is 17.9 Å². The van der Waals surface area contributed by atoms with Crippen LogP contribution in [0.3, 0.4) is 0 Å². The van der Waals surface area contributed by atoms with Crippen LogP contribution in [-0.4, -0.2) is 5.92 Å². The standard InChI is InChI=1S/C16H13BrF2O/c17-12-6-7-15(13(8-12)14-9-16(14,18)19)20-10-11-4-2-1-3-5-11/h1-8,14H,9-10H2. The number of halogens is 3. The van der Waals surface area contributed by atoms with Gasteiger partial charge < -0.3 is 4.74 Å². The van der Waals surface area contributed by atoms with Crippen LogP contribution in [0.5, 0.6) is 5.75 Å². The maximum atomic E-state index is 13.3. The van der Waals surface area contributed by atoms with Crippen LogP contribution in [-0.2, 0) is 6.61 Å². The highest BCUT2D eigenvalue weighted by Gasteiger charge is 2.58. The van der Waals surface area contributed by atoms with Gasteiger partial charge in [-0.15, -0.1) is 0 Å². The molecule has 0 bridgehead atoms. The van der Waals surface area contributed by atoms with Crippen molar-refractivity contribution in [1.29, 1.82) is 0 Å². The van der Waals surface area contributed by atoms with E-state index < -0.39 is 11.8 Å². The average molecular weight is 339 g/mol. The lowest BCUT2D eigenvalue weighted by Crippen LogP contribution is -2.00. The maximum absolute atomic E-state index is 13.3. The summed E-state index contributed by atoms with van der Waals surface area (Å²) in [5, 5.41) is 0. The SMILES string of the molecule is FC1(F)CC1c1cc(Br)ccc1OCc1ccccc1. The third-order valence-electron chi connectivity index (χ3n) is 3.41. The summed E-state index contributed by atoms with van der Waals surface area (Å²) in [5.74, 6) is -2.77. The summed E-state index contributed by atoms with van der Waals surface area (Å²) in [6.45, 7) is 0.383. The Kier molecular flexibility index (Phi) is 3.50. The second kappa shape index (κ2) is 5.17. The summed E-state index contributed by atoms with van der Waals surface area (Å²) in [5.41, 5.74) is 1.60. The lowest BCUT2D eigenvalue weighted by molar-refractivity contribution is 0.111. The van der Waals surface area contributed by atoms with Gasteiger partial charge in [-0.25, -0.2) is 8.78 Å². The van der Waals surface area contributed by atoms with Crippen LogP contribution >= 0.6 is 15.9 Å². The predicted molar refractivity (Wildman–Crippen MR) is 77.2 cm³/mol. The van der Waals surface area contributed by atoms with Crippen molar-refractivity contribution in [1.82, 2.24) is 0 Å². The molecule has 2 aromatic carbocycles. The Morgan fingerprint density at radius 2 is 1.85 bits per heavy atom. The molecule has 1 aliphatic rings. The van der Waals surface area contributed by atoms with Crippen LogP contribution in [0.1, 0.15) is 23.5 Å². The number of ether oxygens (including phenoxy) is 1. The lowest BCUT2D eigenvalue weighted by atomic mass is 10.1. The van der Waals surface area contributed by atoms with Crippen LogP contribution in [0.15, 0.2) is 53.0 Å². The molecule has 0 heterocycles. The fourth-order valence-electron chi connectivity index (χ4n) is 2.21. The zero-order valence-electron chi connectivity index (χ0n) is 10.7. The zero-order valence-corrected chi connectivity index (χ0v) is 12.2. The fraction of sp³-hybridized carbons (Fsp3) is 0.250. The number of alkyl halides is 2. The minimum Gasteiger partial charge on any atom is -0.489 e. The molecule has 0 N–H and O–H groups in total. The molecule has 104 valence electrons. The Balaban J connectivity index is 1.79. The Bertz CT molecular complexity index is 613. The highest BCUT2D eigenvalue weighted by molar-refractivity contribution is 9.10. The molecule has 1 fully saturated rings. The predicted octanol–water partition coefficient (Wildman–Crippen LogP) is 5.15. The third-order valence-corrected chi connectivity index (χ3v) is 3.90. The monoisotopic (exact) mass is 338 g/mol. The summed E-state index contributed by atoms with van der Waals surface area (Å²) in [6, 6.07) is 15.0. The summed E-state index contributed by atoms with van der Waals surface area (Å²) in [6.07, 6.45) is -0.0921. The molecule has 1 unspecified atom stereocenters. The van der Waals surface area contributed by atoms with E-state index in [9.17, 15) is 8.78 Å². The van der Waals surface area contributed by atoms with Crippen LogP contribution in [0.4, 0.5) is 8.78 Å². The van der Waals surface area contributed by atoms with Crippen LogP contribution < -0.4 is 4.74 Å². The van der Waals surface area contributed by atoms with Crippen molar-refractivity contribution in [2.45, 2.75) is 24.9 Å². The van der Waals surface area contributed by atoms with Gasteiger partial charge in [0.15, 0.2) is 0 Å². The molecule has 1 atom stereocenters. The molecule has 20 heavy (non-hydrogen) atoms. The molecule has 0 aliphatic heterocycles. The van der Waals surface area contributed by atoms with Gasteiger partial charge in [0.05, 0.1) is 5.92 Å². The van der Waals surface area contributed by atoms with E-state index in [0.717, 1.165) is 10.0 Å². The molecule has 3 rings (SSSR count). The van der Waals surface area contributed by atoms with Gasteiger partial charge in [-0.2, -0.15) is 0 Å². The maximum Gasteiger partial charge on any atom is 0.256 e. The smallest absolute Gasteiger partial charge is 0.256 e. The molecule has 1 aliphatic carbocycles. The van der Waals surface area contributed by atoms with Gasteiger partial charge in [-0.1, -0.05) is 46.3 Å². The summed E-state index contributed by atoms with van der Waals surface area (Å²) in [7, 11) is 0. The van der Waals surface area contributed by atoms with Gasteiger partial charge in [0.25, 0.3) is 5.92 Å². The van der Waals surface area contributed by atoms with Crippen LogP contribution in [0.2, 0.25) is 0 Å². The van der Waals surface area contributed by atoms with Gasteiger partial charge in [0, 0.05) is 16.5 Å². The molecule has 2 aromatic rings. The third kappa shape index (κ3) is 2.85. The van der Waals surface area contributed by atoms with Gasteiger partial charge in [0.2, 0.25) is 0 Å². The Hall–Kier alpha value is -1.42. The van der Waals surface area contributed by atoms with E-state index in [1.54, 1.807) is 12.1 Å². The molecule has 1 saturated carbocycles. The van der Waals surface area contributed by atoms with Crippen molar-refractivity contribution in [2.75, 3.05) is 0 Å². The zero-order chi connectivity index (χ0) is 14.2. The summed E-state index contributed by atoms with van der Waals surface area (Å²) >= 11 is 3.33. The molecule has 0 spiro atoms.